The van der Waals surface area contributed by atoms with Crippen LogP contribution in [-0.4, -0.2) is 15.0 Å². The Kier molecular flexibility index (Phi) is 6.50. The molecule has 9 heteroatoms. The molecule has 0 aliphatic heterocycles. The van der Waals surface area contributed by atoms with Gasteiger partial charge in [-0.1, -0.05) is 53.2 Å². The fourth-order valence-electron chi connectivity index (χ4n) is 2.89. The van der Waals surface area contributed by atoms with E-state index in [0.29, 0.717) is 32.5 Å². The molecule has 0 aliphatic carbocycles. The van der Waals surface area contributed by atoms with Crippen LogP contribution in [0.25, 0.3) is 21.7 Å². The minimum absolute atomic E-state index is 0.0583. The van der Waals surface area contributed by atoms with Crippen molar-refractivity contribution in [2.75, 3.05) is 0 Å². The second-order valence-electron chi connectivity index (χ2n) is 6.24. The van der Waals surface area contributed by atoms with Crippen LogP contribution in [-0.2, 0) is 5.75 Å². The van der Waals surface area contributed by atoms with Gasteiger partial charge in [0.1, 0.15) is 27.3 Å². The highest BCUT2D eigenvalue weighted by molar-refractivity contribution is 7.98. The monoisotopic (exact) mass is 479 g/mol. The van der Waals surface area contributed by atoms with E-state index >= 15 is 0 Å². The lowest BCUT2D eigenvalue weighted by atomic mass is 9.99. The maximum atomic E-state index is 9.84. The van der Waals surface area contributed by atoms with E-state index < -0.39 is 0 Å². The van der Waals surface area contributed by atoms with Gasteiger partial charge >= 0.3 is 0 Å². The zero-order chi connectivity index (χ0) is 21.8. The molecule has 0 amide bonds. The molecule has 0 N–H and O–H groups in total. The van der Waals surface area contributed by atoms with Gasteiger partial charge in [0, 0.05) is 45.2 Å². The van der Waals surface area contributed by atoms with Crippen LogP contribution in [0, 0.1) is 22.7 Å². The minimum Gasteiger partial charge on any atom is -0.264 e. The van der Waals surface area contributed by atoms with Gasteiger partial charge in [0.05, 0.1) is 16.8 Å². The van der Waals surface area contributed by atoms with Gasteiger partial charge in [-0.3, -0.25) is 4.98 Å². The van der Waals surface area contributed by atoms with Crippen LogP contribution in [0.15, 0.2) is 59.2 Å². The summed E-state index contributed by atoms with van der Waals surface area (Å²) in [5.74, 6) is 0.500. The fraction of sp³-hybridized carbons (Fsp3) is 0.0455. The molecule has 3 aromatic heterocycles. The third kappa shape index (κ3) is 4.56. The average molecular weight is 480 g/mol. The Labute approximate surface area is 197 Å². The molecule has 0 bridgehead atoms. The molecule has 3 heterocycles. The molecule has 31 heavy (non-hydrogen) atoms. The summed E-state index contributed by atoms with van der Waals surface area (Å²) >= 11 is 15.1. The molecular weight excluding hydrogens is 469 g/mol. The Hall–Kier alpha value is -2.94. The first-order valence-electron chi connectivity index (χ1n) is 8.88. The van der Waals surface area contributed by atoms with E-state index in [2.05, 4.69) is 27.1 Å². The number of thiazole rings is 1. The Bertz CT molecular complexity index is 1320. The summed E-state index contributed by atoms with van der Waals surface area (Å²) in [5, 5.41) is 23.5. The summed E-state index contributed by atoms with van der Waals surface area (Å²) in [7, 11) is 0. The molecule has 0 aliphatic rings. The van der Waals surface area contributed by atoms with Crippen molar-refractivity contribution in [3.05, 3.63) is 81.2 Å². The van der Waals surface area contributed by atoms with Gasteiger partial charge < -0.3 is 0 Å². The number of benzene rings is 1. The molecule has 0 radical (unpaired) electrons. The zero-order valence-corrected chi connectivity index (χ0v) is 18.9. The molecule has 4 aromatic rings. The van der Waals surface area contributed by atoms with E-state index in [1.54, 1.807) is 24.5 Å². The Balaban J connectivity index is 1.65. The van der Waals surface area contributed by atoms with E-state index in [9.17, 15) is 10.5 Å². The minimum atomic E-state index is 0.0583. The van der Waals surface area contributed by atoms with Gasteiger partial charge in [0.15, 0.2) is 0 Å². The fourth-order valence-corrected chi connectivity index (χ4v) is 5.10. The number of nitrogens with zero attached hydrogens (tertiary/aromatic N) is 5. The summed E-state index contributed by atoms with van der Waals surface area (Å²) in [5.41, 5.74) is 3.39. The number of thioether (sulfide) groups is 1. The molecule has 5 nitrogen and oxygen atoms in total. The van der Waals surface area contributed by atoms with Crippen LogP contribution in [0.4, 0.5) is 0 Å². The molecule has 0 saturated carbocycles. The van der Waals surface area contributed by atoms with Gasteiger partial charge in [-0.15, -0.1) is 11.3 Å². The van der Waals surface area contributed by atoms with Crippen LogP contribution in [0.5, 0.6) is 0 Å². The van der Waals surface area contributed by atoms with E-state index in [1.165, 1.54) is 23.1 Å². The quantitative estimate of drug-likeness (QED) is 0.236. The van der Waals surface area contributed by atoms with Crippen molar-refractivity contribution in [3.63, 3.8) is 0 Å². The first-order chi connectivity index (χ1) is 15.1. The highest BCUT2D eigenvalue weighted by atomic mass is 35.5. The van der Waals surface area contributed by atoms with Crippen molar-refractivity contribution in [2.45, 2.75) is 10.8 Å². The van der Waals surface area contributed by atoms with Gasteiger partial charge in [-0.2, -0.15) is 10.5 Å². The lowest BCUT2D eigenvalue weighted by Crippen LogP contribution is -1.99. The second-order valence-corrected chi connectivity index (χ2v) is 8.85. The van der Waals surface area contributed by atoms with Crippen LogP contribution < -0.4 is 0 Å². The second kappa shape index (κ2) is 9.47. The normalized spacial score (nSPS) is 10.5. The summed E-state index contributed by atoms with van der Waals surface area (Å²) in [6, 6.07) is 15.3. The van der Waals surface area contributed by atoms with Crippen LogP contribution in [0.2, 0.25) is 10.2 Å². The number of nitriles is 2. The number of halogens is 2. The smallest absolute Gasteiger partial charge is 0.148 e. The van der Waals surface area contributed by atoms with Gasteiger partial charge in [0.2, 0.25) is 0 Å². The Morgan fingerprint density at radius 1 is 0.968 bits per heavy atom. The zero-order valence-electron chi connectivity index (χ0n) is 15.7. The van der Waals surface area contributed by atoms with E-state index in [1.807, 2.05) is 29.6 Å². The SMILES string of the molecule is N#Cc1c(Cl)nc(SCc2csc(-c3ccc(Cl)cc3)n2)c(C#N)c1-c1cccnc1. The Morgan fingerprint density at radius 3 is 2.42 bits per heavy atom. The largest absolute Gasteiger partial charge is 0.264 e. The topological polar surface area (TPSA) is 86.2 Å². The van der Waals surface area contributed by atoms with Crippen LogP contribution in [0.1, 0.15) is 16.8 Å². The van der Waals surface area contributed by atoms with E-state index in [4.69, 9.17) is 23.2 Å². The molecular formula is C22H11Cl2N5S2. The Morgan fingerprint density at radius 2 is 1.74 bits per heavy atom. The van der Waals surface area contributed by atoms with Crippen molar-refractivity contribution in [1.82, 2.24) is 15.0 Å². The molecule has 0 atom stereocenters. The first kappa shape index (κ1) is 21.3. The van der Waals surface area contributed by atoms with Crippen LogP contribution >= 0.6 is 46.3 Å². The molecule has 0 spiro atoms. The highest BCUT2D eigenvalue weighted by Crippen LogP contribution is 2.37. The van der Waals surface area contributed by atoms with Gasteiger partial charge in [-0.25, -0.2) is 9.97 Å². The molecule has 0 unspecified atom stereocenters. The number of hydrogen-bond donors (Lipinski definition) is 0. The van der Waals surface area contributed by atoms with Gasteiger partial charge in [0.25, 0.3) is 0 Å². The molecule has 4 rings (SSSR count). The number of aromatic nitrogens is 3. The van der Waals surface area contributed by atoms with Crippen molar-refractivity contribution in [1.29, 1.82) is 10.5 Å². The van der Waals surface area contributed by atoms with Gasteiger partial charge in [-0.05, 0) is 18.2 Å². The molecule has 1 aromatic carbocycles. The molecule has 150 valence electrons. The highest BCUT2D eigenvalue weighted by Gasteiger charge is 2.21. The predicted molar refractivity (Wildman–Crippen MR) is 124 cm³/mol. The number of hydrogen-bond acceptors (Lipinski definition) is 7. The molecule has 0 saturated heterocycles. The maximum absolute atomic E-state index is 9.84. The third-order valence-electron chi connectivity index (χ3n) is 4.29. The first-order valence-corrected chi connectivity index (χ1v) is 11.5. The van der Waals surface area contributed by atoms with Crippen molar-refractivity contribution in [2.24, 2.45) is 0 Å². The summed E-state index contributed by atoms with van der Waals surface area (Å²) in [6.45, 7) is 0. The van der Waals surface area contributed by atoms with Crippen molar-refractivity contribution < 1.29 is 0 Å². The number of pyridine rings is 2. The van der Waals surface area contributed by atoms with Crippen LogP contribution in [0.3, 0.4) is 0 Å². The molecule has 0 fully saturated rings. The van der Waals surface area contributed by atoms with Crippen molar-refractivity contribution in [3.8, 4) is 33.8 Å². The summed E-state index contributed by atoms with van der Waals surface area (Å²) < 4.78 is 0. The number of rotatable bonds is 5. The van der Waals surface area contributed by atoms with Crippen molar-refractivity contribution >= 4 is 46.3 Å². The maximum Gasteiger partial charge on any atom is 0.148 e. The lowest BCUT2D eigenvalue weighted by Gasteiger charge is -2.11. The van der Waals surface area contributed by atoms with E-state index in [-0.39, 0.29) is 10.7 Å². The predicted octanol–water partition coefficient (Wildman–Crippen LogP) is 6.61. The lowest BCUT2D eigenvalue weighted by molar-refractivity contribution is 1.10. The third-order valence-corrected chi connectivity index (χ3v) is 6.77. The standard InChI is InChI=1S/C22H11Cl2N5S2/c23-15-5-3-13(4-6-15)21-28-16(11-30-21)12-31-22-18(9-26)19(14-2-1-7-27-10-14)17(8-25)20(24)29-22/h1-7,10-11H,12H2. The summed E-state index contributed by atoms with van der Waals surface area (Å²) in [4.78, 5) is 13.1. The van der Waals surface area contributed by atoms with E-state index in [0.717, 1.165) is 16.3 Å². The average Bonchev–Trinajstić information content (AvgIpc) is 3.27. The summed E-state index contributed by atoms with van der Waals surface area (Å²) in [6.07, 6.45) is 3.22.